The predicted octanol–water partition coefficient (Wildman–Crippen LogP) is 10.1. The SMILES string of the molecule is CC(=O)c1ccc(Sc2ccc(-c3ccc(Sc4c(F)c(F)c(S(=O)(=O)c5c(F)c(F)c(C)c(F)c5F)c(F)c4F)c(C)c3)cc2C)c(CS(=O)(=O)O)c1. The highest BCUT2D eigenvalue weighted by Gasteiger charge is 2.40. The van der Waals surface area contributed by atoms with E-state index in [1.54, 1.807) is 37.3 Å². The summed E-state index contributed by atoms with van der Waals surface area (Å²) in [6, 6.07) is 14.1. The summed E-state index contributed by atoms with van der Waals surface area (Å²) in [6.07, 6.45) is 0. The predicted molar refractivity (Wildman–Crippen MR) is 184 cm³/mol. The lowest BCUT2D eigenvalue weighted by molar-refractivity contribution is 0.101. The summed E-state index contributed by atoms with van der Waals surface area (Å²) in [4.78, 5) is 6.74. The van der Waals surface area contributed by atoms with Crippen molar-refractivity contribution >= 4 is 49.3 Å². The molecule has 0 heterocycles. The molecule has 0 bridgehead atoms. The largest absolute Gasteiger partial charge is 0.295 e. The minimum atomic E-state index is -6.26. The number of sulfone groups is 1. The molecule has 284 valence electrons. The van der Waals surface area contributed by atoms with E-state index in [1.165, 1.54) is 49.9 Å². The van der Waals surface area contributed by atoms with Crippen LogP contribution in [0.1, 0.15) is 39.5 Å². The standard InChI is InChI=1S/C36H24F8O6S4/c1-15-11-20(6-8-23(15)51-25-10-5-19(18(4)45)13-22(25)14-53(46,47)48)21-7-9-24(16(2)12-21)52-34-28(39)32(43)36(33(44)29(34)40)54(49,50)35-30(41)26(37)17(3)27(38)31(35)42/h5-13H,14H2,1-4H3,(H,46,47,48). The van der Waals surface area contributed by atoms with Gasteiger partial charge in [-0.3, -0.25) is 9.35 Å². The molecule has 0 aliphatic rings. The second kappa shape index (κ2) is 15.1. The van der Waals surface area contributed by atoms with Gasteiger partial charge >= 0.3 is 0 Å². The zero-order valence-electron chi connectivity index (χ0n) is 28.0. The molecule has 0 spiro atoms. The molecule has 0 fully saturated rings. The molecule has 6 nitrogen and oxygen atoms in total. The fourth-order valence-corrected chi connectivity index (χ4v) is 9.45. The van der Waals surface area contributed by atoms with Crippen molar-refractivity contribution in [2.45, 2.75) is 62.8 Å². The molecule has 54 heavy (non-hydrogen) atoms. The quantitative estimate of drug-likeness (QED) is 0.0642. The number of ketones is 1. The number of carbonyl (C=O) groups excluding carboxylic acids is 1. The normalized spacial score (nSPS) is 12.0. The fraction of sp³-hybridized carbons (Fsp3) is 0.139. The van der Waals surface area contributed by atoms with Crippen LogP contribution in [0, 0.1) is 67.3 Å². The Kier molecular flexibility index (Phi) is 11.5. The first-order valence-electron chi connectivity index (χ1n) is 15.1. The number of aryl methyl sites for hydroxylation is 2. The number of halogens is 8. The Labute approximate surface area is 312 Å². The molecule has 5 aromatic rings. The summed E-state index contributed by atoms with van der Waals surface area (Å²) < 4.78 is 177. The van der Waals surface area contributed by atoms with Crippen molar-refractivity contribution in [2.24, 2.45) is 0 Å². The number of Topliss-reactive ketones (excluding diaryl/α,β-unsaturated/α-hetero) is 1. The lowest BCUT2D eigenvalue weighted by Gasteiger charge is -2.15. The number of carbonyl (C=O) groups is 1. The van der Waals surface area contributed by atoms with Gasteiger partial charge in [0.05, 0.1) is 4.90 Å². The molecule has 0 aromatic heterocycles. The molecular weight excluding hydrogens is 809 g/mol. The van der Waals surface area contributed by atoms with Crippen molar-refractivity contribution in [1.82, 2.24) is 0 Å². The second-order valence-electron chi connectivity index (χ2n) is 11.9. The minimum Gasteiger partial charge on any atom is -0.295 e. The van der Waals surface area contributed by atoms with E-state index in [-0.39, 0.29) is 33.6 Å². The third-order valence-corrected chi connectivity index (χ3v) is 13.1. The Morgan fingerprint density at radius 2 is 1.02 bits per heavy atom. The Morgan fingerprint density at radius 3 is 1.44 bits per heavy atom. The molecule has 0 saturated carbocycles. The number of hydrogen-bond donors (Lipinski definition) is 1. The summed E-state index contributed by atoms with van der Waals surface area (Å²) >= 11 is 1.36. The summed E-state index contributed by atoms with van der Waals surface area (Å²) in [5.41, 5.74) is 1.47. The van der Waals surface area contributed by atoms with Crippen molar-refractivity contribution in [3.8, 4) is 11.1 Å². The summed E-state index contributed by atoms with van der Waals surface area (Å²) in [5.74, 6) is -20.2. The lowest BCUT2D eigenvalue weighted by atomic mass is 10.0. The highest BCUT2D eigenvalue weighted by atomic mass is 32.2. The molecule has 0 amide bonds. The van der Waals surface area contributed by atoms with Gasteiger partial charge < -0.3 is 0 Å². The molecule has 0 aliphatic carbocycles. The highest BCUT2D eigenvalue weighted by Crippen LogP contribution is 2.42. The van der Waals surface area contributed by atoms with Crippen molar-refractivity contribution in [3.05, 3.63) is 129 Å². The van der Waals surface area contributed by atoms with Crippen LogP contribution in [0.4, 0.5) is 35.1 Å². The molecule has 5 rings (SSSR count). The van der Waals surface area contributed by atoms with Gasteiger partial charge in [0.15, 0.2) is 52.3 Å². The topological polar surface area (TPSA) is 106 Å². The van der Waals surface area contributed by atoms with Gasteiger partial charge in [0.25, 0.3) is 10.1 Å². The summed E-state index contributed by atoms with van der Waals surface area (Å²) in [7, 11) is -10.7. The molecule has 5 aromatic carbocycles. The smallest absolute Gasteiger partial charge is 0.269 e. The molecule has 1 N–H and O–H groups in total. The van der Waals surface area contributed by atoms with E-state index in [9.17, 15) is 43.7 Å². The lowest BCUT2D eigenvalue weighted by Crippen LogP contribution is -2.17. The van der Waals surface area contributed by atoms with E-state index in [2.05, 4.69) is 0 Å². The Morgan fingerprint density at radius 1 is 0.593 bits per heavy atom. The van der Waals surface area contributed by atoms with Crippen molar-refractivity contribution in [1.29, 1.82) is 0 Å². The average molecular weight is 833 g/mol. The zero-order chi connectivity index (χ0) is 40.2. The molecule has 0 aliphatic heterocycles. The van der Waals surface area contributed by atoms with E-state index in [0.717, 1.165) is 5.56 Å². The van der Waals surface area contributed by atoms with Gasteiger partial charge in [0.2, 0.25) is 9.84 Å². The third-order valence-electron chi connectivity index (χ3n) is 8.08. The third kappa shape index (κ3) is 7.80. The van der Waals surface area contributed by atoms with E-state index >= 15 is 17.6 Å². The first-order chi connectivity index (χ1) is 25.0. The van der Waals surface area contributed by atoms with Gasteiger partial charge in [-0.25, -0.2) is 43.5 Å². The van der Waals surface area contributed by atoms with E-state index in [4.69, 9.17) is 0 Å². The molecular formula is C36H24F8O6S4. The summed E-state index contributed by atoms with van der Waals surface area (Å²) in [5, 5.41) is 0. The average Bonchev–Trinajstić information content (AvgIpc) is 3.08. The maximum absolute atomic E-state index is 15.3. The van der Waals surface area contributed by atoms with Gasteiger partial charge in [-0.2, -0.15) is 8.42 Å². The van der Waals surface area contributed by atoms with Crippen LogP contribution < -0.4 is 0 Å². The van der Waals surface area contributed by atoms with Gasteiger partial charge in [0, 0.05) is 25.8 Å². The zero-order valence-corrected chi connectivity index (χ0v) is 31.3. The van der Waals surface area contributed by atoms with Crippen molar-refractivity contribution in [3.63, 3.8) is 0 Å². The number of benzene rings is 5. The van der Waals surface area contributed by atoms with Crippen LogP contribution in [0.25, 0.3) is 11.1 Å². The van der Waals surface area contributed by atoms with Crippen LogP contribution in [0.3, 0.4) is 0 Å². The highest BCUT2D eigenvalue weighted by molar-refractivity contribution is 7.99. The maximum Gasteiger partial charge on any atom is 0.269 e. The van der Waals surface area contributed by atoms with E-state index in [1.807, 2.05) is 0 Å². The monoisotopic (exact) mass is 832 g/mol. The van der Waals surface area contributed by atoms with Gasteiger partial charge in [-0.05, 0) is 79.8 Å². The molecule has 18 heteroatoms. The van der Waals surface area contributed by atoms with Crippen molar-refractivity contribution < 1.29 is 61.3 Å². The first-order valence-corrected chi connectivity index (χ1v) is 19.9. The molecule has 0 unspecified atom stereocenters. The van der Waals surface area contributed by atoms with Crippen LogP contribution in [0.15, 0.2) is 84.0 Å². The Hall–Kier alpha value is -4.23. The van der Waals surface area contributed by atoms with E-state index < -0.39 is 92.5 Å². The number of hydrogen-bond acceptors (Lipinski definition) is 7. The van der Waals surface area contributed by atoms with Crippen LogP contribution in [0.2, 0.25) is 0 Å². The maximum atomic E-state index is 15.3. The fourth-order valence-electron chi connectivity index (χ4n) is 5.30. The second-order valence-corrected chi connectivity index (χ2v) is 17.3. The first kappa shape index (κ1) is 40.9. The van der Waals surface area contributed by atoms with Crippen LogP contribution in [0.5, 0.6) is 0 Å². The number of rotatable bonds is 10. The summed E-state index contributed by atoms with van der Waals surface area (Å²) in [6.45, 7) is 5.13. The Bertz CT molecular complexity index is 2570. The minimum absolute atomic E-state index is 0.0509. The van der Waals surface area contributed by atoms with Gasteiger partial charge in [-0.15, -0.1) is 0 Å². The van der Waals surface area contributed by atoms with Gasteiger partial charge in [-0.1, -0.05) is 53.9 Å². The van der Waals surface area contributed by atoms with Crippen LogP contribution >= 0.6 is 23.5 Å². The van der Waals surface area contributed by atoms with Crippen molar-refractivity contribution in [2.75, 3.05) is 0 Å². The Balaban J connectivity index is 1.45. The molecule has 0 atom stereocenters. The molecule has 0 radical (unpaired) electrons. The van der Waals surface area contributed by atoms with E-state index in [0.29, 0.717) is 33.4 Å². The van der Waals surface area contributed by atoms with Crippen LogP contribution in [-0.4, -0.2) is 27.2 Å². The molecule has 0 saturated heterocycles. The van der Waals surface area contributed by atoms with Crippen LogP contribution in [-0.2, 0) is 25.7 Å². The van der Waals surface area contributed by atoms with Gasteiger partial charge in [0.1, 0.15) is 15.5 Å².